The van der Waals surface area contributed by atoms with Crippen molar-refractivity contribution >= 4 is 23.6 Å². The molecule has 7 heteroatoms. The number of hydrogen-bond acceptors (Lipinski definition) is 6. The normalized spacial score (nSPS) is 29.2. The van der Waals surface area contributed by atoms with E-state index in [-0.39, 0.29) is 11.7 Å². The molecule has 0 saturated carbocycles. The maximum atomic E-state index is 12.9. The predicted molar refractivity (Wildman–Crippen MR) is 102 cm³/mol. The van der Waals surface area contributed by atoms with E-state index in [9.17, 15) is 19.2 Å². The van der Waals surface area contributed by atoms with Gasteiger partial charge in [-0.2, -0.15) is 0 Å². The molecule has 150 valence electrons. The second kappa shape index (κ2) is 6.51. The minimum absolute atomic E-state index is 0.0625. The van der Waals surface area contributed by atoms with Crippen molar-refractivity contribution < 1.29 is 23.9 Å². The highest BCUT2D eigenvalue weighted by Gasteiger charge is 2.66. The van der Waals surface area contributed by atoms with Gasteiger partial charge in [0.2, 0.25) is 11.8 Å². The van der Waals surface area contributed by atoms with Gasteiger partial charge in [-0.25, -0.2) is 0 Å². The van der Waals surface area contributed by atoms with Crippen LogP contribution in [0.1, 0.15) is 52.5 Å². The Morgan fingerprint density at radius 3 is 2.29 bits per heavy atom. The summed E-state index contributed by atoms with van der Waals surface area (Å²) in [6.07, 6.45) is 0. The Morgan fingerprint density at radius 2 is 1.75 bits per heavy atom. The van der Waals surface area contributed by atoms with Gasteiger partial charge in [-0.15, -0.1) is 0 Å². The topological polar surface area (TPSA) is 92.8 Å². The number of ether oxygens (including phenoxy) is 1. The Kier molecular flexibility index (Phi) is 4.70. The van der Waals surface area contributed by atoms with Crippen molar-refractivity contribution in [3.63, 3.8) is 0 Å². The molecule has 0 aromatic heterocycles. The van der Waals surface area contributed by atoms with Gasteiger partial charge in [0.15, 0.2) is 5.78 Å². The largest absolute Gasteiger partial charge is 0.468 e. The molecule has 1 aromatic carbocycles. The molecular weight excluding hydrogens is 360 g/mol. The van der Waals surface area contributed by atoms with Gasteiger partial charge in [0.25, 0.3) is 0 Å². The molecule has 2 heterocycles. The van der Waals surface area contributed by atoms with E-state index < -0.39 is 35.3 Å². The fourth-order valence-electron chi connectivity index (χ4n) is 5.15. The SMILES string of the molecule is COC(=O)[C@@]1(C)N[C@@H](c2c(C)cc(C)c(C(C)=O)c2C)[C@H]2C(=O)N(C)C(=O)[C@H]21. The average Bonchev–Trinajstić information content (AvgIpc) is 3.03. The highest BCUT2D eigenvalue weighted by molar-refractivity contribution is 6.09. The summed E-state index contributed by atoms with van der Waals surface area (Å²) in [4.78, 5) is 51.7. The summed E-state index contributed by atoms with van der Waals surface area (Å²) in [5.41, 5.74) is 2.60. The van der Waals surface area contributed by atoms with Gasteiger partial charge in [-0.1, -0.05) is 6.07 Å². The van der Waals surface area contributed by atoms with Crippen LogP contribution in [0.3, 0.4) is 0 Å². The fraction of sp³-hybridized carbons (Fsp3) is 0.524. The van der Waals surface area contributed by atoms with Crippen LogP contribution in [0.5, 0.6) is 0 Å². The van der Waals surface area contributed by atoms with Gasteiger partial charge < -0.3 is 4.74 Å². The molecule has 0 unspecified atom stereocenters. The molecule has 0 bridgehead atoms. The summed E-state index contributed by atoms with van der Waals surface area (Å²) < 4.78 is 4.95. The van der Waals surface area contributed by atoms with E-state index in [1.165, 1.54) is 21.1 Å². The molecular formula is C21H26N2O5. The van der Waals surface area contributed by atoms with Gasteiger partial charge in [0, 0.05) is 18.7 Å². The second-order valence-electron chi connectivity index (χ2n) is 8.04. The molecule has 2 aliphatic rings. The first-order chi connectivity index (χ1) is 13.0. The molecule has 1 aromatic rings. The Balaban J connectivity index is 2.25. The number of carbonyl (C=O) groups excluding carboxylic acids is 4. The quantitative estimate of drug-likeness (QED) is 0.482. The van der Waals surface area contributed by atoms with Crippen LogP contribution in [0.2, 0.25) is 0 Å². The monoisotopic (exact) mass is 386 g/mol. The molecule has 1 N–H and O–H groups in total. The van der Waals surface area contributed by atoms with Gasteiger partial charge in [0.05, 0.1) is 18.9 Å². The van der Waals surface area contributed by atoms with E-state index in [2.05, 4.69) is 5.32 Å². The average molecular weight is 386 g/mol. The summed E-state index contributed by atoms with van der Waals surface area (Å²) in [6.45, 7) is 8.75. The highest BCUT2D eigenvalue weighted by atomic mass is 16.5. The number of likely N-dealkylation sites (tertiary alicyclic amines) is 1. The van der Waals surface area contributed by atoms with Crippen LogP contribution in [-0.2, 0) is 19.1 Å². The van der Waals surface area contributed by atoms with E-state index in [1.54, 1.807) is 6.92 Å². The van der Waals surface area contributed by atoms with Gasteiger partial charge in [-0.05, 0) is 56.9 Å². The smallest absolute Gasteiger partial charge is 0.326 e. The number of fused-ring (bicyclic) bond motifs is 1. The lowest BCUT2D eigenvalue weighted by atomic mass is 9.78. The van der Waals surface area contributed by atoms with E-state index in [1.807, 2.05) is 26.8 Å². The lowest BCUT2D eigenvalue weighted by Gasteiger charge is -2.29. The first-order valence-corrected chi connectivity index (χ1v) is 9.26. The number of benzene rings is 1. The molecule has 4 atom stereocenters. The molecule has 0 spiro atoms. The van der Waals surface area contributed by atoms with E-state index in [4.69, 9.17) is 4.74 Å². The number of carbonyl (C=O) groups is 4. The van der Waals surface area contributed by atoms with Gasteiger partial charge in [0.1, 0.15) is 5.54 Å². The standard InChI is InChI=1S/C21H26N2O5/c1-9-8-10(2)14(11(3)13(9)12(4)24)17-15-16(19(26)23(6)18(15)25)21(5,22-17)20(27)28-7/h8,15-17,22H,1-7H3/t15-,16-,17-,21-/m0/s1. The van der Waals surface area contributed by atoms with Crippen molar-refractivity contribution in [3.05, 3.63) is 33.9 Å². The van der Waals surface area contributed by atoms with Crippen molar-refractivity contribution in [3.8, 4) is 0 Å². The zero-order valence-electron chi connectivity index (χ0n) is 17.3. The van der Waals surface area contributed by atoms with Crippen LogP contribution in [0.4, 0.5) is 0 Å². The lowest BCUT2D eigenvalue weighted by Crippen LogP contribution is -2.53. The molecule has 3 rings (SSSR count). The van der Waals surface area contributed by atoms with Crippen LogP contribution in [0.15, 0.2) is 6.07 Å². The summed E-state index contributed by atoms with van der Waals surface area (Å²) in [5, 5.41) is 3.23. The minimum atomic E-state index is -1.33. The predicted octanol–water partition coefficient (Wildman–Crippen LogP) is 1.62. The number of nitrogens with zero attached hydrogens (tertiary/aromatic N) is 1. The van der Waals surface area contributed by atoms with E-state index in [0.29, 0.717) is 5.56 Å². The van der Waals surface area contributed by atoms with Crippen molar-refractivity contribution in [2.75, 3.05) is 14.2 Å². The number of Topliss-reactive ketones (excluding diaryl/α,β-unsaturated/α-hetero) is 1. The molecule has 2 saturated heterocycles. The molecule has 2 fully saturated rings. The number of nitrogens with one attached hydrogen (secondary N) is 1. The first kappa shape index (κ1) is 20.2. The molecule has 0 aliphatic carbocycles. The molecule has 0 radical (unpaired) electrons. The van der Waals surface area contributed by atoms with Crippen LogP contribution in [0, 0.1) is 32.6 Å². The molecule has 7 nitrogen and oxygen atoms in total. The van der Waals surface area contributed by atoms with E-state index in [0.717, 1.165) is 27.2 Å². The molecule has 28 heavy (non-hydrogen) atoms. The van der Waals surface area contributed by atoms with Crippen LogP contribution in [0.25, 0.3) is 0 Å². The van der Waals surface area contributed by atoms with E-state index >= 15 is 0 Å². The van der Waals surface area contributed by atoms with Crippen LogP contribution < -0.4 is 5.32 Å². The molecule has 2 amide bonds. The number of ketones is 1. The Bertz CT molecular complexity index is 922. The van der Waals surface area contributed by atoms with Crippen molar-refractivity contribution in [1.29, 1.82) is 0 Å². The first-order valence-electron chi connectivity index (χ1n) is 9.26. The lowest BCUT2D eigenvalue weighted by molar-refractivity contribution is -0.152. The third kappa shape index (κ3) is 2.53. The summed E-state index contributed by atoms with van der Waals surface area (Å²) in [5.74, 6) is -2.97. The molecule has 2 aliphatic heterocycles. The maximum absolute atomic E-state index is 12.9. The summed E-state index contributed by atoms with van der Waals surface area (Å²) >= 11 is 0. The number of rotatable bonds is 3. The number of esters is 1. The number of hydrogen-bond donors (Lipinski definition) is 1. The number of methoxy groups -OCH3 is 1. The van der Waals surface area contributed by atoms with Gasteiger partial charge >= 0.3 is 5.97 Å². The summed E-state index contributed by atoms with van der Waals surface area (Å²) in [7, 11) is 2.70. The Morgan fingerprint density at radius 1 is 1.14 bits per heavy atom. The summed E-state index contributed by atoms with van der Waals surface area (Å²) in [6, 6.07) is 1.34. The van der Waals surface area contributed by atoms with Crippen molar-refractivity contribution in [2.45, 2.75) is 46.2 Å². The highest BCUT2D eigenvalue weighted by Crippen LogP contribution is 2.50. The zero-order valence-corrected chi connectivity index (χ0v) is 17.3. The number of imide groups is 1. The van der Waals surface area contributed by atoms with Gasteiger partial charge in [-0.3, -0.25) is 29.4 Å². The number of aryl methyl sites for hydroxylation is 2. The maximum Gasteiger partial charge on any atom is 0.326 e. The fourth-order valence-corrected chi connectivity index (χ4v) is 5.15. The second-order valence-corrected chi connectivity index (χ2v) is 8.04. The number of amides is 2. The Labute approximate surface area is 164 Å². The third-order valence-electron chi connectivity index (χ3n) is 6.31. The minimum Gasteiger partial charge on any atom is -0.468 e. The third-order valence-corrected chi connectivity index (χ3v) is 6.31. The Hall–Kier alpha value is -2.54. The zero-order chi connectivity index (χ0) is 21.1. The van der Waals surface area contributed by atoms with Crippen molar-refractivity contribution in [1.82, 2.24) is 10.2 Å². The van der Waals surface area contributed by atoms with Crippen molar-refractivity contribution in [2.24, 2.45) is 11.8 Å². The van der Waals surface area contributed by atoms with Crippen LogP contribution >= 0.6 is 0 Å². The van der Waals surface area contributed by atoms with Crippen LogP contribution in [-0.4, -0.2) is 48.2 Å².